The summed E-state index contributed by atoms with van der Waals surface area (Å²) >= 11 is 0. The molecule has 0 radical (unpaired) electrons. The number of rotatable bonds is 0. The monoisotopic (exact) mass is 208 g/mol. The third kappa shape index (κ3) is 1.74. The maximum absolute atomic E-state index is 6.31. The zero-order chi connectivity index (χ0) is 10.2. The van der Waals surface area contributed by atoms with Crippen molar-refractivity contribution >= 4 is 0 Å². The largest absolute Gasteiger partial charge is 0.346 e. The molecule has 0 aromatic heterocycles. The van der Waals surface area contributed by atoms with Crippen LogP contribution in [0.1, 0.15) is 51.4 Å². The van der Waals surface area contributed by atoms with Crippen molar-refractivity contribution in [1.82, 2.24) is 0 Å². The van der Waals surface area contributed by atoms with Crippen LogP contribution in [0.4, 0.5) is 0 Å². The first-order chi connectivity index (χ1) is 7.33. The minimum atomic E-state index is -0.338. The van der Waals surface area contributed by atoms with E-state index in [9.17, 15) is 0 Å². The molecule has 2 heteroatoms. The van der Waals surface area contributed by atoms with Gasteiger partial charge in [0.1, 0.15) is 0 Å². The molecule has 1 atom stereocenters. The van der Waals surface area contributed by atoms with Crippen molar-refractivity contribution in [1.29, 1.82) is 0 Å². The summed E-state index contributed by atoms with van der Waals surface area (Å²) in [6.07, 6.45) is 14.2. The average Bonchev–Trinajstić information content (AvgIpc) is 2.60. The highest BCUT2D eigenvalue weighted by molar-refractivity contribution is 5.07. The van der Waals surface area contributed by atoms with Gasteiger partial charge >= 0.3 is 0 Å². The van der Waals surface area contributed by atoms with Gasteiger partial charge in [0.25, 0.3) is 0 Å². The quantitative estimate of drug-likeness (QED) is 0.569. The van der Waals surface area contributed by atoms with Gasteiger partial charge in [0.15, 0.2) is 5.79 Å². The highest BCUT2D eigenvalue weighted by atomic mass is 16.7. The Morgan fingerprint density at radius 2 is 1.80 bits per heavy atom. The Bertz CT molecular complexity index is 266. The predicted molar refractivity (Wildman–Crippen MR) is 58.6 cm³/mol. The summed E-state index contributed by atoms with van der Waals surface area (Å²) in [5.41, 5.74) is 0.167. The van der Waals surface area contributed by atoms with Crippen molar-refractivity contribution in [2.75, 3.05) is 6.61 Å². The molecule has 0 amide bonds. The van der Waals surface area contributed by atoms with Crippen LogP contribution in [0.25, 0.3) is 0 Å². The molecular formula is C13H20O2. The number of hydrogen-bond acceptors (Lipinski definition) is 2. The van der Waals surface area contributed by atoms with Crippen LogP contribution in [-0.2, 0) is 9.47 Å². The summed E-state index contributed by atoms with van der Waals surface area (Å²) in [7, 11) is 0. The normalized spacial score (nSPS) is 38.9. The lowest BCUT2D eigenvalue weighted by molar-refractivity contribution is -0.231. The lowest BCUT2D eigenvalue weighted by Crippen LogP contribution is -2.39. The molecule has 2 heterocycles. The lowest BCUT2D eigenvalue weighted by atomic mass is 9.83. The number of ether oxygens (including phenoxy) is 2. The molecule has 15 heavy (non-hydrogen) atoms. The summed E-state index contributed by atoms with van der Waals surface area (Å²) in [5.74, 6) is -0.338. The van der Waals surface area contributed by atoms with Crippen LogP contribution in [0.15, 0.2) is 12.2 Å². The second-order valence-electron chi connectivity index (χ2n) is 5.20. The van der Waals surface area contributed by atoms with E-state index in [2.05, 4.69) is 12.2 Å². The molecule has 3 rings (SSSR count). The van der Waals surface area contributed by atoms with Gasteiger partial charge in [-0.05, 0) is 31.8 Å². The molecule has 2 spiro atoms. The van der Waals surface area contributed by atoms with E-state index < -0.39 is 0 Å². The zero-order valence-corrected chi connectivity index (χ0v) is 9.34. The Morgan fingerprint density at radius 1 is 0.933 bits per heavy atom. The molecule has 0 unspecified atom stereocenters. The predicted octanol–water partition coefficient (Wildman–Crippen LogP) is 3.17. The van der Waals surface area contributed by atoms with Gasteiger partial charge < -0.3 is 9.47 Å². The highest BCUT2D eigenvalue weighted by Crippen LogP contribution is 2.48. The van der Waals surface area contributed by atoms with Gasteiger partial charge in [0, 0.05) is 6.42 Å². The van der Waals surface area contributed by atoms with E-state index in [-0.39, 0.29) is 11.4 Å². The Kier molecular flexibility index (Phi) is 2.37. The molecule has 0 aromatic carbocycles. The van der Waals surface area contributed by atoms with Gasteiger partial charge in [-0.3, -0.25) is 0 Å². The summed E-state index contributed by atoms with van der Waals surface area (Å²) in [5, 5.41) is 0. The second kappa shape index (κ2) is 3.60. The molecule has 0 N–H and O–H groups in total. The number of hydrogen-bond donors (Lipinski definition) is 0. The van der Waals surface area contributed by atoms with Crippen molar-refractivity contribution in [3.63, 3.8) is 0 Å². The standard InChI is InChI=1S/C13H20O2/c1-2-6-12(7-3-1)9-10-13(15-12)8-4-5-11-14-13/h4,8H,1-3,5-7,9-11H2/t13-/m1/s1. The van der Waals surface area contributed by atoms with Crippen molar-refractivity contribution in [3.8, 4) is 0 Å². The Labute approximate surface area is 91.6 Å². The van der Waals surface area contributed by atoms with Crippen LogP contribution < -0.4 is 0 Å². The van der Waals surface area contributed by atoms with E-state index in [0.717, 1.165) is 19.4 Å². The molecule has 0 bridgehead atoms. The van der Waals surface area contributed by atoms with Gasteiger partial charge in [-0.15, -0.1) is 0 Å². The Balaban J connectivity index is 1.76. The van der Waals surface area contributed by atoms with Gasteiger partial charge in [0.05, 0.1) is 12.2 Å². The topological polar surface area (TPSA) is 18.5 Å². The average molecular weight is 208 g/mol. The maximum Gasteiger partial charge on any atom is 0.188 e. The summed E-state index contributed by atoms with van der Waals surface area (Å²) < 4.78 is 12.2. The second-order valence-corrected chi connectivity index (χ2v) is 5.20. The van der Waals surface area contributed by atoms with E-state index in [1.54, 1.807) is 0 Å². The van der Waals surface area contributed by atoms with E-state index in [4.69, 9.17) is 9.47 Å². The van der Waals surface area contributed by atoms with E-state index in [1.807, 2.05) is 0 Å². The molecule has 1 saturated heterocycles. The van der Waals surface area contributed by atoms with Crippen LogP contribution in [0.5, 0.6) is 0 Å². The lowest BCUT2D eigenvalue weighted by Gasteiger charge is -2.37. The molecule has 3 aliphatic rings. The first-order valence-corrected chi connectivity index (χ1v) is 6.35. The Morgan fingerprint density at radius 3 is 2.53 bits per heavy atom. The molecule has 84 valence electrons. The molecule has 0 aromatic rings. The fourth-order valence-electron chi connectivity index (χ4n) is 3.25. The molecule has 2 fully saturated rings. The van der Waals surface area contributed by atoms with E-state index >= 15 is 0 Å². The minimum absolute atomic E-state index is 0.167. The highest BCUT2D eigenvalue weighted by Gasteiger charge is 2.49. The maximum atomic E-state index is 6.31. The van der Waals surface area contributed by atoms with Crippen molar-refractivity contribution < 1.29 is 9.47 Å². The SMILES string of the molecule is C1=C[C@@]2(CCC3(CCCCC3)O2)OCC1. The summed E-state index contributed by atoms with van der Waals surface area (Å²) in [4.78, 5) is 0. The van der Waals surface area contributed by atoms with Crippen LogP contribution in [0.2, 0.25) is 0 Å². The molecule has 1 aliphatic carbocycles. The van der Waals surface area contributed by atoms with Gasteiger partial charge in [-0.2, -0.15) is 0 Å². The smallest absolute Gasteiger partial charge is 0.188 e. The first-order valence-electron chi connectivity index (χ1n) is 6.35. The molecular weight excluding hydrogens is 188 g/mol. The zero-order valence-electron chi connectivity index (χ0n) is 9.34. The molecule has 2 aliphatic heterocycles. The van der Waals surface area contributed by atoms with Gasteiger partial charge in [0.2, 0.25) is 0 Å². The van der Waals surface area contributed by atoms with E-state index in [1.165, 1.54) is 38.5 Å². The fraction of sp³-hybridized carbons (Fsp3) is 0.846. The Hall–Kier alpha value is -0.340. The minimum Gasteiger partial charge on any atom is -0.346 e. The molecule has 1 saturated carbocycles. The van der Waals surface area contributed by atoms with Crippen LogP contribution in [0.3, 0.4) is 0 Å². The first kappa shape index (κ1) is 9.86. The summed E-state index contributed by atoms with van der Waals surface area (Å²) in [6, 6.07) is 0. The third-order valence-electron chi connectivity index (χ3n) is 4.09. The third-order valence-corrected chi connectivity index (χ3v) is 4.09. The van der Waals surface area contributed by atoms with Crippen LogP contribution >= 0.6 is 0 Å². The van der Waals surface area contributed by atoms with Crippen LogP contribution in [-0.4, -0.2) is 18.0 Å². The fourth-order valence-corrected chi connectivity index (χ4v) is 3.25. The van der Waals surface area contributed by atoms with Crippen LogP contribution in [0, 0.1) is 0 Å². The van der Waals surface area contributed by atoms with Gasteiger partial charge in [-0.25, -0.2) is 0 Å². The molecule has 2 nitrogen and oxygen atoms in total. The van der Waals surface area contributed by atoms with Gasteiger partial charge in [-0.1, -0.05) is 25.3 Å². The van der Waals surface area contributed by atoms with Crippen molar-refractivity contribution in [3.05, 3.63) is 12.2 Å². The van der Waals surface area contributed by atoms with Crippen molar-refractivity contribution in [2.45, 2.75) is 62.8 Å². The van der Waals surface area contributed by atoms with E-state index in [0.29, 0.717) is 0 Å². The van der Waals surface area contributed by atoms with Crippen molar-refractivity contribution in [2.24, 2.45) is 0 Å². The summed E-state index contributed by atoms with van der Waals surface area (Å²) in [6.45, 7) is 0.826.